The minimum atomic E-state index is -0.284. The summed E-state index contributed by atoms with van der Waals surface area (Å²) in [4.78, 5) is 33.5. The van der Waals surface area contributed by atoms with Crippen molar-refractivity contribution >= 4 is 45.7 Å². The largest absolute Gasteiger partial charge is 0.347 e. The molecule has 36 heavy (non-hydrogen) atoms. The quantitative estimate of drug-likeness (QED) is 0.177. The molecule has 1 aliphatic heterocycles. The Morgan fingerprint density at radius 3 is 2.56 bits per heavy atom. The van der Waals surface area contributed by atoms with Crippen molar-refractivity contribution in [3.8, 4) is 5.69 Å². The van der Waals surface area contributed by atoms with E-state index in [2.05, 4.69) is 30.9 Å². The number of halogens is 1. The normalized spacial score (nSPS) is 15.5. The Labute approximate surface area is 219 Å². The van der Waals surface area contributed by atoms with E-state index in [1.54, 1.807) is 22.8 Å². The Bertz CT molecular complexity index is 1610. The highest BCUT2D eigenvalue weighted by Crippen LogP contribution is 2.46. The Kier molecular flexibility index (Phi) is 6.27. The van der Waals surface area contributed by atoms with E-state index >= 15 is 0 Å². The highest BCUT2D eigenvalue weighted by molar-refractivity contribution is 7.99. The Morgan fingerprint density at radius 1 is 1.08 bits per heavy atom. The zero-order valence-corrected chi connectivity index (χ0v) is 22.2. The summed E-state index contributed by atoms with van der Waals surface area (Å²) in [7, 11) is 1.99. The maximum Gasteiger partial charge on any atom is 0.266 e. The predicted octanol–water partition coefficient (Wildman–Crippen LogP) is 6.32. The van der Waals surface area contributed by atoms with Gasteiger partial charge in [-0.05, 0) is 48.4 Å². The number of benzene rings is 3. The van der Waals surface area contributed by atoms with Crippen LogP contribution in [0, 0.1) is 6.92 Å². The van der Waals surface area contributed by atoms with Crippen molar-refractivity contribution in [1.82, 2.24) is 9.55 Å². The van der Waals surface area contributed by atoms with E-state index < -0.39 is 0 Å². The monoisotopic (exact) mass is 515 g/mol. The van der Waals surface area contributed by atoms with Crippen LogP contribution in [0.5, 0.6) is 0 Å². The van der Waals surface area contributed by atoms with E-state index in [1.807, 2.05) is 56.4 Å². The number of anilines is 1. The maximum atomic E-state index is 13.5. The maximum absolute atomic E-state index is 13.5. The summed E-state index contributed by atoms with van der Waals surface area (Å²) < 4.78 is 1.54. The number of aromatic nitrogens is 2. The van der Waals surface area contributed by atoms with Crippen LogP contribution >= 0.6 is 23.4 Å². The summed E-state index contributed by atoms with van der Waals surface area (Å²) in [6, 6.07) is 20.9. The topological polar surface area (TPSA) is 55.2 Å². The predicted molar refractivity (Wildman–Crippen MR) is 149 cm³/mol. The van der Waals surface area contributed by atoms with E-state index in [4.69, 9.17) is 16.6 Å². The van der Waals surface area contributed by atoms with Crippen LogP contribution < -0.4 is 10.5 Å². The molecule has 0 radical (unpaired) electrons. The lowest BCUT2D eigenvalue weighted by Gasteiger charge is -2.24. The highest BCUT2D eigenvalue weighted by Gasteiger charge is 2.38. The van der Waals surface area contributed by atoms with E-state index in [0.717, 1.165) is 16.9 Å². The highest BCUT2D eigenvalue weighted by atomic mass is 35.5. The average molecular weight is 516 g/mol. The number of para-hydroxylation sites is 2. The van der Waals surface area contributed by atoms with E-state index in [9.17, 15) is 9.59 Å². The number of carbonyl (C=O) groups is 1. The van der Waals surface area contributed by atoms with E-state index in [0.29, 0.717) is 26.8 Å². The van der Waals surface area contributed by atoms with Crippen molar-refractivity contribution in [3.63, 3.8) is 0 Å². The number of hydrogen-bond donors (Lipinski definition) is 0. The first-order valence-electron chi connectivity index (χ1n) is 11.7. The number of thioether (sulfide) groups is 1. The second-order valence-electron chi connectivity index (χ2n) is 9.47. The summed E-state index contributed by atoms with van der Waals surface area (Å²) in [6.07, 6.45) is 1.72. The first kappa shape index (κ1) is 24.3. The number of carbonyl (C=O) groups excluding carboxylic acids is 1. The molecule has 0 unspecified atom stereocenters. The van der Waals surface area contributed by atoms with Gasteiger partial charge in [0.05, 0.1) is 22.3 Å². The van der Waals surface area contributed by atoms with Gasteiger partial charge >= 0.3 is 0 Å². The van der Waals surface area contributed by atoms with Crippen molar-refractivity contribution < 1.29 is 4.79 Å². The van der Waals surface area contributed by atoms with Crippen LogP contribution in [0.3, 0.4) is 0 Å². The molecule has 0 amide bonds. The summed E-state index contributed by atoms with van der Waals surface area (Å²) >= 11 is 7.63. The van der Waals surface area contributed by atoms with Crippen LogP contribution in [0.2, 0.25) is 5.02 Å². The average Bonchev–Trinajstić information content (AvgIpc) is 3.05. The van der Waals surface area contributed by atoms with Crippen LogP contribution in [-0.4, -0.2) is 28.1 Å². The first-order valence-corrected chi connectivity index (χ1v) is 13.0. The number of aryl methyl sites for hydroxylation is 1. The number of nitrogens with zero attached hydrogens (tertiary/aromatic N) is 3. The SMILES string of the molecule is Cc1ccc(-n2c(SCC(=O)C=C3N(C)c4ccccc4C3(C)C)nc3ccccc3c2=O)cc1Cl. The molecule has 7 heteroatoms. The number of hydrogen-bond acceptors (Lipinski definition) is 5. The second kappa shape index (κ2) is 9.26. The molecule has 0 aliphatic carbocycles. The van der Waals surface area contributed by atoms with Crippen LogP contribution in [0.1, 0.15) is 25.0 Å². The van der Waals surface area contributed by atoms with Crippen LogP contribution in [0.25, 0.3) is 16.6 Å². The van der Waals surface area contributed by atoms with Gasteiger partial charge in [0, 0.05) is 34.9 Å². The van der Waals surface area contributed by atoms with Crippen molar-refractivity contribution in [2.24, 2.45) is 0 Å². The lowest BCUT2D eigenvalue weighted by molar-refractivity contribution is -0.112. The van der Waals surface area contributed by atoms with Gasteiger partial charge in [0.15, 0.2) is 10.9 Å². The fourth-order valence-corrected chi connectivity index (χ4v) is 5.76. The van der Waals surface area contributed by atoms with Gasteiger partial charge in [-0.3, -0.25) is 14.2 Å². The summed E-state index contributed by atoms with van der Waals surface area (Å²) in [5.74, 6) is 0.104. The molecule has 0 fully saturated rings. The lowest BCUT2D eigenvalue weighted by atomic mass is 9.83. The van der Waals surface area contributed by atoms with Gasteiger partial charge in [0.25, 0.3) is 5.56 Å². The van der Waals surface area contributed by atoms with E-state index in [1.165, 1.54) is 17.3 Å². The Morgan fingerprint density at radius 2 is 1.81 bits per heavy atom. The molecular formula is C29H26ClN3O2S. The van der Waals surface area contributed by atoms with Gasteiger partial charge in [0.2, 0.25) is 0 Å². The number of ketones is 1. The smallest absolute Gasteiger partial charge is 0.266 e. The molecule has 182 valence electrons. The van der Waals surface area contributed by atoms with Crippen molar-refractivity contribution in [1.29, 1.82) is 0 Å². The number of fused-ring (bicyclic) bond motifs is 2. The second-order valence-corrected chi connectivity index (χ2v) is 10.8. The molecule has 0 atom stereocenters. The van der Waals surface area contributed by atoms with Gasteiger partial charge in [-0.25, -0.2) is 4.98 Å². The third kappa shape index (κ3) is 4.14. The van der Waals surface area contributed by atoms with Gasteiger partial charge in [-0.1, -0.05) is 73.6 Å². The van der Waals surface area contributed by atoms with Crippen molar-refractivity contribution in [2.75, 3.05) is 17.7 Å². The van der Waals surface area contributed by atoms with E-state index in [-0.39, 0.29) is 22.5 Å². The standard InChI is InChI=1S/C29H26ClN3O2S/c1-18-13-14-19(15-23(18)30)33-27(35)21-9-5-7-11-24(21)31-28(33)36-17-20(34)16-26-29(2,3)22-10-6-8-12-25(22)32(26)4/h5-16H,17H2,1-4H3. The minimum absolute atomic E-state index is 0.0429. The zero-order valence-electron chi connectivity index (χ0n) is 20.6. The number of likely N-dealkylation sites (N-methyl/N-ethyl adjacent to an activating group) is 1. The number of rotatable bonds is 5. The van der Waals surface area contributed by atoms with Crippen molar-refractivity contribution in [2.45, 2.75) is 31.3 Å². The molecule has 5 nitrogen and oxygen atoms in total. The molecule has 0 bridgehead atoms. The molecule has 3 aromatic carbocycles. The molecule has 1 aliphatic rings. The first-order chi connectivity index (χ1) is 17.2. The minimum Gasteiger partial charge on any atom is -0.347 e. The van der Waals surface area contributed by atoms with Gasteiger partial charge < -0.3 is 4.90 Å². The molecule has 0 saturated heterocycles. The van der Waals surface area contributed by atoms with Gasteiger partial charge in [0.1, 0.15) is 0 Å². The van der Waals surface area contributed by atoms with Crippen LogP contribution in [0.15, 0.2) is 88.5 Å². The fourth-order valence-electron chi connectivity index (χ4n) is 4.75. The molecule has 2 heterocycles. The Balaban J connectivity index is 1.50. The molecule has 4 aromatic rings. The van der Waals surface area contributed by atoms with Crippen molar-refractivity contribution in [3.05, 3.63) is 105 Å². The zero-order chi connectivity index (χ0) is 25.6. The molecule has 5 rings (SSSR count). The molecule has 1 aromatic heterocycles. The Hall–Kier alpha value is -3.35. The summed E-state index contributed by atoms with van der Waals surface area (Å²) in [5, 5.41) is 1.53. The summed E-state index contributed by atoms with van der Waals surface area (Å²) in [6.45, 7) is 6.17. The summed E-state index contributed by atoms with van der Waals surface area (Å²) in [5.41, 5.74) is 4.91. The third-order valence-electron chi connectivity index (χ3n) is 6.74. The molecule has 0 spiro atoms. The molecule has 0 saturated carbocycles. The molecule has 0 N–H and O–H groups in total. The third-order valence-corrected chi connectivity index (χ3v) is 8.11. The lowest BCUT2D eigenvalue weighted by Crippen LogP contribution is -2.24. The van der Waals surface area contributed by atoms with Crippen LogP contribution in [0.4, 0.5) is 5.69 Å². The van der Waals surface area contributed by atoms with Crippen LogP contribution in [-0.2, 0) is 10.2 Å². The number of allylic oxidation sites excluding steroid dienone is 2. The fraction of sp³-hybridized carbons (Fsp3) is 0.207. The van der Waals surface area contributed by atoms with Gasteiger partial charge in [-0.2, -0.15) is 0 Å². The molecular weight excluding hydrogens is 490 g/mol. The van der Waals surface area contributed by atoms with Gasteiger partial charge in [-0.15, -0.1) is 0 Å².